The average molecular weight is 346 g/mol. The Morgan fingerprint density at radius 1 is 1.17 bits per heavy atom. The molecule has 1 aliphatic heterocycles. The number of benzene rings is 1. The van der Waals surface area contributed by atoms with Crippen LogP contribution in [0.25, 0.3) is 10.9 Å². The Kier molecular flexibility index (Phi) is 5.56. The van der Waals surface area contributed by atoms with E-state index in [1.807, 2.05) is 29.3 Å². The van der Waals surface area contributed by atoms with Crippen molar-refractivity contribution in [3.05, 3.63) is 35.5 Å². The zero-order valence-electron chi connectivity index (χ0n) is 14.2. The molecule has 1 saturated heterocycles. The lowest BCUT2D eigenvalue weighted by Crippen LogP contribution is -2.48. The zero-order chi connectivity index (χ0) is 16.9. The van der Waals surface area contributed by atoms with E-state index in [-0.39, 0.29) is 0 Å². The van der Waals surface area contributed by atoms with Gasteiger partial charge in [0.1, 0.15) is 0 Å². The second-order valence-corrected chi connectivity index (χ2v) is 6.75. The van der Waals surface area contributed by atoms with Crippen molar-refractivity contribution in [3.63, 3.8) is 0 Å². The van der Waals surface area contributed by atoms with Gasteiger partial charge in [-0.2, -0.15) is 0 Å². The molecular formula is C19H24ClN3O. The number of nitrogens with zero attached hydrogens (tertiary/aromatic N) is 3. The highest BCUT2D eigenvalue weighted by atomic mass is 35.5. The Bertz CT molecular complexity index is 711. The number of rotatable bonds is 5. The maximum atomic E-state index is 12.2. The molecule has 1 amide bonds. The number of carbonyl (C=O) groups is 1. The van der Waals surface area contributed by atoms with E-state index < -0.39 is 0 Å². The summed E-state index contributed by atoms with van der Waals surface area (Å²) in [6.07, 6.45) is 5.81. The number of hydrogen-bond acceptors (Lipinski definition) is 3. The number of halogens is 1. The van der Waals surface area contributed by atoms with E-state index >= 15 is 0 Å². The summed E-state index contributed by atoms with van der Waals surface area (Å²) in [6.45, 7) is 5.47. The highest BCUT2D eigenvalue weighted by molar-refractivity contribution is 6.31. The van der Waals surface area contributed by atoms with Gasteiger partial charge in [0.15, 0.2) is 0 Å². The molecule has 5 heteroatoms. The fourth-order valence-corrected chi connectivity index (χ4v) is 3.43. The smallest absolute Gasteiger partial charge is 0.222 e. The third kappa shape index (κ3) is 3.81. The molecule has 2 heterocycles. The molecule has 0 aliphatic carbocycles. The van der Waals surface area contributed by atoms with Crippen molar-refractivity contribution in [1.29, 1.82) is 0 Å². The van der Waals surface area contributed by atoms with Gasteiger partial charge in [0.25, 0.3) is 0 Å². The fraction of sp³-hybridized carbons (Fsp3) is 0.474. The quantitative estimate of drug-likeness (QED) is 0.765. The summed E-state index contributed by atoms with van der Waals surface area (Å²) >= 11 is 6.07. The van der Waals surface area contributed by atoms with Crippen LogP contribution in [0.2, 0.25) is 5.02 Å². The van der Waals surface area contributed by atoms with Crippen LogP contribution in [-0.2, 0) is 4.79 Å². The molecule has 0 unspecified atom stereocenters. The number of unbranched alkanes of at least 4 members (excludes halogenated alkanes) is 2. The minimum absolute atomic E-state index is 0.300. The maximum Gasteiger partial charge on any atom is 0.222 e. The minimum atomic E-state index is 0.300. The van der Waals surface area contributed by atoms with Gasteiger partial charge in [-0.25, -0.2) is 0 Å². The standard InChI is InChI=1S/C19H24ClN3O/c1-2-3-4-5-19(24)23-12-10-22(11-13-23)18-8-9-21-17-14-15(20)6-7-16(17)18/h6-9,14H,2-5,10-13H2,1H3. The molecule has 3 rings (SSSR count). The molecule has 4 nitrogen and oxygen atoms in total. The molecule has 0 radical (unpaired) electrons. The molecule has 0 saturated carbocycles. The topological polar surface area (TPSA) is 36.4 Å². The van der Waals surface area contributed by atoms with Crippen molar-refractivity contribution in [2.45, 2.75) is 32.6 Å². The first kappa shape index (κ1) is 17.0. The van der Waals surface area contributed by atoms with Gasteiger partial charge < -0.3 is 9.80 Å². The molecule has 0 N–H and O–H groups in total. The number of hydrogen-bond donors (Lipinski definition) is 0. The Morgan fingerprint density at radius 2 is 1.96 bits per heavy atom. The molecule has 1 aromatic carbocycles. The van der Waals surface area contributed by atoms with Gasteiger partial charge in [-0.05, 0) is 30.7 Å². The zero-order valence-corrected chi connectivity index (χ0v) is 14.9. The predicted octanol–water partition coefficient (Wildman–Crippen LogP) is 4.12. The van der Waals surface area contributed by atoms with Crippen LogP contribution < -0.4 is 4.90 Å². The summed E-state index contributed by atoms with van der Waals surface area (Å²) in [4.78, 5) is 21.0. The van der Waals surface area contributed by atoms with E-state index in [1.165, 1.54) is 5.69 Å². The van der Waals surface area contributed by atoms with E-state index in [2.05, 4.69) is 22.9 Å². The Labute approximate surface area is 148 Å². The summed E-state index contributed by atoms with van der Waals surface area (Å²) in [5.41, 5.74) is 2.09. The van der Waals surface area contributed by atoms with Gasteiger partial charge in [0, 0.05) is 54.9 Å². The summed E-state index contributed by atoms with van der Waals surface area (Å²) < 4.78 is 0. The Balaban J connectivity index is 1.66. The Morgan fingerprint density at radius 3 is 2.71 bits per heavy atom. The van der Waals surface area contributed by atoms with Crippen molar-refractivity contribution >= 4 is 34.1 Å². The van der Waals surface area contributed by atoms with Crippen molar-refractivity contribution in [2.24, 2.45) is 0 Å². The van der Waals surface area contributed by atoms with Crippen molar-refractivity contribution < 1.29 is 4.79 Å². The van der Waals surface area contributed by atoms with Crippen molar-refractivity contribution in [2.75, 3.05) is 31.1 Å². The lowest BCUT2D eigenvalue weighted by molar-refractivity contribution is -0.131. The first-order chi connectivity index (χ1) is 11.7. The molecule has 2 aromatic rings. The average Bonchev–Trinajstić information content (AvgIpc) is 2.61. The molecule has 1 fully saturated rings. The second kappa shape index (κ2) is 7.84. The van der Waals surface area contributed by atoms with Gasteiger partial charge in [0.2, 0.25) is 5.91 Å². The van der Waals surface area contributed by atoms with Crippen LogP contribution >= 0.6 is 11.6 Å². The van der Waals surface area contributed by atoms with Gasteiger partial charge in [-0.1, -0.05) is 31.4 Å². The number of carbonyl (C=O) groups excluding carboxylic acids is 1. The van der Waals surface area contributed by atoms with Gasteiger partial charge >= 0.3 is 0 Å². The predicted molar refractivity (Wildman–Crippen MR) is 99.7 cm³/mol. The van der Waals surface area contributed by atoms with Gasteiger partial charge in [0.05, 0.1) is 5.52 Å². The van der Waals surface area contributed by atoms with E-state index in [1.54, 1.807) is 0 Å². The van der Waals surface area contributed by atoms with Crippen LogP contribution in [0.5, 0.6) is 0 Å². The third-order valence-corrected chi connectivity index (χ3v) is 4.88. The molecular weight excluding hydrogens is 322 g/mol. The lowest BCUT2D eigenvalue weighted by Gasteiger charge is -2.36. The van der Waals surface area contributed by atoms with E-state index in [0.29, 0.717) is 17.4 Å². The molecule has 0 bridgehead atoms. The van der Waals surface area contributed by atoms with Gasteiger partial charge in [-0.15, -0.1) is 0 Å². The first-order valence-corrected chi connectivity index (χ1v) is 9.14. The van der Waals surface area contributed by atoms with Crippen LogP contribution in [0.15, 0.2) is 30.5 Å². The lowest BCUT2D eigenvalue weighted by atomic mass is 10.1. The first-order valence-electron chi connectivity index (χ1n) is 8.76. The van der Waals surface area contributed by atoms with Crippen LogP contribution in [0.3, 0.4) is 0 Å². The number of piperazine rings is 1. The minimum Gasteiger partial charge on any atom is -0.367 e. The fourth-order valence-electron chi connectivity index (χ4n) is 3.26. The molecule has 24 heavy (non-hydrogen) atoms. The highest BCUT2D eigenvalue weighted by Gasteiger charge is 2.22. The van der Waals surface area contributed by atoms with Crippen LogP contribution in [-0.4, -0.2) is 42.0 Å². The van der Waals surface area contributed by atoms with Crippen LogP contribution in [0.4, 0.5) is 5.69 Å². The number of pyridine rings is 1. The number of aromatic nitrogens is 1. The van der Waals surface area contributed by atoms with E-state index in [4.69, 9.17) is 11.6 Å². The normalized spacial score (nSPS) is 15.1. The van der Waals surface area contributed by atoms with E-state index in [9.17, 15) is 4.79 Å². The highest BCUT2D eigenvalue weighted by Crippen LogP contribution is 2.28. The SMILES string of the molecule is CCCCCC(=O)N1CCN(c2ccnc3cc(Cl)ccc23)CC1. The second-order valence-electron chi connectivity index (χ2n) is 6.32. The monoisotopic (exact) mass is 345 g/mol. The molecule has 1 aliphatic rings. The Hall–Kier alpha value is -1.81. The molecule has 0 spiro atoms. The van der Waals surface area contributed by atoms with Gasteiger partial charge in [-0.3, -0.25) is 9.78 Å². The maximum absolute atomic E-state index is 12.2. The molecule has 128 valence electrons. The van der Waals surface area contributed by atoms with Crippen molar-refractivity contribution in [3.8, 4) is 0 Å². The molecule has 0 atom stereocenters. The summed E-state index contributed by atoms with van der Waals surface area (Å²) in [5, 5.41) is 1.82. The number of fused-ring (bicyclic) bond motifs is 1. The largest absolute Gasteiger partial charge is 0.367 e. The third-order valence-electron chi connectivity index (χ3n) is 4.65. The number of amides is 1. The number of anilines is 1. The van der Waals surface area contributed by atoms with E-state index in [0.717, 1.165) is 56.3 Å². The summed E-state index contributed by atoms with van der Waals surface area (Å²) in [7, 11) is 0. The summed E-state index contributed by atoms with van der Waals surface area (Å²) in [6, 6.07) is 7.88. The summed E-state index contributed by atoms with van der Waals surface area (Å²) in [5.74, 6) is 0.300. The van der Waals surface area contributed by atoms with Crippen LogP contribution in [0.1, 0.15) is 32.6 Å². The van der Waals surface area contributed by atoms with Crippen LogP contribution in [0, 0.1) is 0 Å². The van der Waals surface area contributed by atoms with Crippen molar-refractivity contribution in [1.82, 2.24) is 9.88 Å². The molecule has 1 aromatic heterocycles.